The highest BCUT2D eigenvalue weighted by Gasteiger charge is 2.09. The van der Waals surface area contributed by atoms with Crippen LogP contribution in [0.5, 0.6) is 0 Å². The molecule has 0 saturated carbocycles. The number of anilines is 1. The topological polar surface area (TPSA) is 71.4 Å². The van der Waals surface area contributed by atoms with Crippen LogP contribution < -0.4 is 5.32 Å². The van der Waals surface area contributed by atoms with E-state index in [2.05, 4.69) is 25.6 Å². The molecule has 2 rings (SSSR count). The summed E-state index contributed by atoms with van der Waals surface area (Å²) in [5, 5.41) is 10.8. The number of hydrogen-bond acceptors (Lipinski definition) is 4. The molecule has 0 saturated heterocycles. The Hall–Kier alpha value is -1.85. The van der Waals surface area contributed by atoms with Gasteiger partial charge in [-0.1, -0.05) is 5.21 Å². The van der Waals surface area contributed by atoms with Gasteiger partial charge in [-0.25, -0.2) is 9.67 Å². The van der Waals surface area contributed by atoms with Gasteiger partial charge in [-0.2, -0.15) is 0 Å². The fourth-order valence-electron chi connectivity index (χ4n) is 1.22. The van der Waals surface area contributed by atoms with Crippen molar-refractivity contribution in [2.45, 2.75) is 13.0 Å². The first kappa shape index (κ1) is 8.74. The molecule has 0 amide bonds. The van der Waals surface area contributed by atoms with E-state index in [0.29, 0.717) is 0 Å². The minimum Gasteiger partial charge on any atom is -0.359 e. The molecule has 2 aromatic heterocycles. The highest BCUT2D eigenvalue weighted by molar-refractivity contribution is 5.32. The van der Waals surface area contributed by atoms with E-state index >= 15 is 0 Å². The number of nitrogens with one attached hydrogen (secondary N) is 2. The van der Waals surface area contributed by atoms with Crippen molar-refractivity contribution in [1.29, 1.82) is 0 Å². The van der Waals surface area contributed by atoms with Crippen molar-refractivity contribution in [3.05, 3.63) is 24.4 Å². The lowest BCUT2D eigenvalue weighted by atomic mass is 10.3. The predicted molar refractivity (Wildman–Crippen MR) is 51.6 cm³/mol. The van der Waals surface area contributed by atoms with Crippen molar-refractivity contribution in [3.8, 4) is 0 Å². The van der Waals surface area contributed by atoms with E-state index in [1.165, 1.54) is 0 Å². The van der Waals surface area contributed by atoms with E-state index < -0.39 is 0 Å². The summed E-state index contributed by atoms with van der Waals surface area (Å²) in [5.41, 5.74) is 0. The smallest absolute Gasteiger partial charge is 0.145 e. The number of imidazole rings is 1. The molecule has 0 aromatic carbocycles. The number of H-pyrrole nitrogens is 1. The number of nitrogens with zero attached hydrogens (tertiary/aromatic N) is 4. The van der Waals surface area contributed by atoms with Gasteiger partial charge >= 0.3 is 0 Å². The quantitative estimate of drug-likeness (QED) is 0.751. The highest BCUT2D eigenvalue weighted by Crippen LogP contribution is 2.13. The van der Waals surface area contributed by atoms with Crippen molar-refractivity contribution >= 4 is 5.82 Å². The summed E-state index contributed by atoms with van der Waals surface area (Å²) >= 11 is 0. The second kappa shape index (κ2) is 3.49. The maximum Gasteiger partial charge on any atom is 0.145 e. The second-order valence-electron chi connectivity index (χ2n) is 3.08. The van der Waals surface area contributed by atoms with Gasteiger partial charge in [0.15, 0.2) is 0 Å². The van der Waals surface area contributed by atoms with E-state index in [-0.39, 0.29) is 6.04 Å². The van der Waals surface area contributed by atoms with Crippen LogP contribution in [0.15, 0.2) is 18.6 Å². The molecule has 0 bridgehead atoms. The Kier molecular flexibility index (Phi) is 2.18. The standard InChI is InChI=1S/C8H12N6/c1-6(8-9-3-4-10-8)12-7-5-11-13-14(7)2/h3-6,12H,1-2H3,(H,9,10). The SMILES string of the molecule is CC(Nc1cnnn1C)c1ncc[nH]1. The first-order chi connectivity index (χ1) is 6.77. The molecule has 2 N–H and O–H groups in total. The molecule has 0 aliphatic heterocycles. The van der Waals surface area contributed by atoms with E-state index in [4.69, 9.17) is 0 Å². The molecule has 1 atom stereocenters. The number of hydrogen-bond donors (Lipinski definition) is 2. The van der Waals surface area contributed by atoms with Crippen LogP contribution in [0.2, 0.25) is 0 Å². The fourth-order valence-corrected chi connectivity index (χ4v) is 1.22. The predicted octanol–water partition coefficient (Wildman–Crippen LogP) is 0.711. The van der Waals surface area contributed by atoms with Crippen LogP contribution in [0.4, 0.5) is 5.82 Å². The Bertz CT molecular complexity index is 390. The Balaban J connectivity index is 2.09. The Morgan fingerprint density at radius 1 is 1.57 bits per heavy atom. The molecule has 6 heteroatoms. The number of aryl methyl sites for hydroxylation is 1. The van der Waals surface area contributed by atoms with Crippen LogP contribution in [0.25, 0.3) is 0 Å². The van der Waals surface area contributed by atoms with Gasteiger partial charge in [-0.15, -0.1) is 5.10 Å². The Morgan fingerprint density at radius 2 is 2.43 bits per heavy atom. The molecule has 2 aromatic rings. The lowest BCUT2D eigenvalue weighted by molar-refractivity contribution is 0.702. The monoisotopic (exact) mass is 192 g/mol. The summed E-state index contributed by atoms with van der Waals surface area (Å²) in [6, 6.07) is 0.113. The van der Waals surface area contributed by atoms with Crippen LogP contribution >= 0.6 is 0 Å². The van der Waals surface area contributed by atoms with Crippen LogP contribution in [0, 0.1) is 0 Å². The Morgan fingerprint density at radius 3 is 3.00 bits per heavy atom. The van der Waals surface area contributed by atoms with Gasteiger partial charge in [0.25, 0.3) is 0 Å². The molecule has 74 valence electrons. The van der Waals surface area contributed by atoms with Gasteiger partial charge in [0.1, 0.15) is 11.6 Å². The van der Waals surface area contributed by atoms with Crippen LogP contribution in [0.3, 0.4) is 0 Å². The second-order valence-corrected chi connectivity index (χ2v) is 3.08. The number of rotatable bonds is 3. The molecular weight excluding hydrogens is 180 g/mol. The van der Waals surface area contributed by atoms with E-state index in [0.717, 1.165) is 11.6 Å². The first-order valence-electron chi connectivity index (χ1n) is 4.38. The summed E-state index contributed by atoms with van der Waals surface area (Å²) in [7, 11) is 1.84. The third-order valence-corrected chi connectivity index (χ3v) is 2.01. The van der Waals surface area contributed by atoms with Crippen LogP contribution in [-0.2, 0) is 7.05 Å². The van der Waals surface area contributed by atoms with Gasteiger partial charge in [0.05, 0.1) is 12.2 Å². The summed E-state index contributed by atoms with van der Waals surface area (Å²) in [5.74, 6) is 1.76. The molecular formula is C8H12N6. The van der Waals surface area contributed by atoms with Gasteiger partial charge in [-0.05, 0) is 6.92 Å². The number of aromatic amines is 1. The lowest BCUT2D eigenvalue weighted by Gasteiger charge is -2.11. The summed E-state index contributed by atoms with van der Waals surface area (Å²) in [4.78, 5) is 7.20. The summed E-state index contributed by atoms with van der Waals surface area (Å²) in [6.07, 6.45) is 5.21. The van der Waals surface area contributed by atoms with E-state index in [1.54, 1.807) is 23.3 Å². The average Bonchev–Trinajstić information content (AvgIpc) is 2.77. The zero-order valence-corrected chi connectivity index (χ0v) is 8.10. The molecule has 0 aliphatic carbocycles. The third-order valence-electron chi connectivity index (χ3n) is 2.01. The van der Waals surface area contributed by atoms with E-state index in [1.807, 2.05) is 14.0 Å². The molecule has 0 radical (unpaired) electrons. The molecule has 0 aliphatic rings. The zero-order chi connectivity index (χ0) is 9.97. The van der Waals surface area contributed by atoms with Crippen molar-refractivity contribution < 1.29 is 0 Å². The minimum absolute atomic E-state index is 0.113. The third kappa shape index (κ3) is 1.59. The minimum atomic E-state index is 0.113. The highest BCUT2D eigenvalue weighted by atomic mass is 15.4. The van der Waals surface area contributed by atoms with Crippen molar-refractivity contribution in [2.75, 3.05) is 5.32 Å². The Labute approximate surface area is 81.4 Å². The summed E-state index contributed by atoms with van der Waals surface area (Å²) in [6.45, 7) is 2.02. The van der Waals surface area contributed by atoms with Gasteiger partial charge in [0.2, 0.25) is 0 Å². The fraction of sp³-hybridized carbons (Fsp3) is 0.375. The molecule has 0 spiro atoms. The molecule has 0 fully saturated rings. The van der Waals surface area contributed by atoms with Crippen molar-refractivity contribution in [1.82, 2.24) is 25.0 Å². The largest absolute Gasteiger partial charge is 0.359 e. The molecule has 1 unspecified atom stereocenters. The molecule has 6 nitrogen and oxygen atoms in total. The van der Waals surface area contributed by atoms with Gasteiger partial charge in [-0.3, -0.25) is 0 Å². The van der Waals surface area contributed by atoms with Gasteiger partial charge < -0.3 is 10.3 Å². The van der Waals surface area contributed by atoms with Crippen molar-refractivity contribution in [3.63, 3.8) is 0 Å². The average molecular weight is 192 g/mol. The van der Waals surface area contributed by atoms with Gasteiger partial charge in [0, 0.05) is 19.4 Å². The lowest BCUT2D eigenvalue weighted by Crippen LogP contribution is -2.11. The molecule has 14 heavy (non-hydrogen) atoms. The zero-order valence-electron chi connectivity index (χ0n) is 8.10. The number of aromatic nitrogens is 5. The van der Waals surface area contributed by atoms with Crippen LogP contribution in [-0.4, -0.2) is 25.0 Å². The maximum absolute atomic E-state index is 4.16. The normalized spacial score (nSPS) is 12.7. The summed E-state index contributed by atoms with van der Waals surface area (Å²) < 4.78 is 1.68. The first-order valence-corrected chi connectivity index (χ1v) is 4.38. The van der Waals surface area contributed by atoms with E-state index in [9.17, 15) is 0 Å². The van der Waals surface area contributed by atoms with Crippen molar-refractivity contribution in [2.24, 2.45) is 7.05 Å². The van der Waals surface area contributed by atoms with Crippen LogP contribution in [0.1, 0.15) is 18.8 Å². The molecule has 2 heterocycles. The maximum atomic E-state index is 4.16.